The first-order valence-corrected chi connectivity index (χ1v) is 5.59. The zero-order valence-corrected chi connectivity index (χ0v) is 10.1. The van der Waals surface area contributed by atoms with Crippen molar-refractivity contribution >= 4 is 5.91 Å². The predicted molar refractivity (Wildman–Crippen MR) is 63.6 cm³/mol. The van der Waals surface area contributed by atoms with Crippen LogP contribution in [-0.2, 0) is 4.84 Å². The lowest BCUT2D eigenvalue weighted by Crippen LogP contribution is -2.29. The smallest absolute Gasteiger partial charge is 0.414 e. The van der Waals surface area contributed by atoms with Crippen molar-refractivity contribution in [3.8, 4) is 11.1 Å². The van der Waals surface area contributed by atoms with E-state index in [1.165, 1.54) is 6.26 Å². The summed E-state index contributed by atoms with van der Waals surface area (Å²) in [5, 5.41) is 0. The molecule has 0 unspecified atom stereocenters. The van der Waals surface area contributed by atoms with Crippen LogP contribution in [0.3, 0.4) is 0 Å². The highest BCUT2D eigenvalue weighted by Gasteiger charge is 2.28. The molecular weight excluding hydrogens is 275 g/mol. The van der Waals surface area contributed by atoms with Crippen LogP contribution in [0.5, 0.6) is 0 Å². The molecule has 20 heavy (non-hydrogen) atoms. The third-order valence-corrected chi connectivity index (χ3v) is 2.36. The second-order valence-electron chi connectivity index (χ2n) is 3.86. The fraction of sp³-hybridized carbons (Fsp3) is 0.154. The predicted octanol–water partition coefficient (Wildman–Crippen LogP) is 3.17. The Morgan fingerprint density at radius 1 is 1.20 bits per heavy atom. The molecule has 0 saturated heterocycles. The number of nitrogens with one attached hydrogen (secondary N) is 1. The van der Waals surface area contributed by atoms with Crippen molar-refractivity contribution in [3.63, 3.8) is 0 Å². The number of alkyl halides is 3. The van der Waals surface area contributed by atoms with Crippen molar-refractivity contribution in [2.45, 2.75) is 6.18 Å². The van der Waals surface area contributed by atoms with E-state index in [9.17, 15) is 18.0 Å². The van der Waals surface area contributed by atoms with Gasteiger partial charge in [-0.2, -0.15) is 13.2 Å². The Labute approximate surface area is 112 Å². The summed E-state index contributed by atoms with van der Waals surface area (Å²) in [6.45, 7) is -1.57. The largest absolute Gasteiger partial charge is 0.458 e. The number of carbonyl (C=O) groups is 1. The van der Waals surface area contributed by atoms with Gasteiger partial charge in [-0.1, -0.05) is 30.3 Å². The van der Waals surface area contributed by atoms with Crippen molar-refractivity contribution in [1.29, 1.82) is 0 Å². The van der Waals surface area contributed by atoms with Crippen LogP contribution >= 0.6 is 0 Å². The molecule has 1 amide bonds. The van der Waals surface area contributed by atoms with Crippen LogP contribution in [0.25, 0.3) is 11.1 Å². The monoisotopic (exact) mass is 285 g/mol. The van der Waals surface area contributed by atoms with Gasteiger partial charge in [-0.25, -0.2) is 5.48 Å². The van der Waals surface area contributed by atoms with E-state index in [0.717, 1.165) is 0 Å². The molecule has 1 aromatic heterocycles. The summed E-state index contributed by atoms with van der Waals surface area (Å²) in [5.41, 5.74) is 2.88. The number of hydroxylamine groups is 1. The third-order valence-electron chi connectivity index (χ3n) is 2.36. The Morgan fingerprint density at radius 3 is 2.55 bits per heavy atom. The molecular formula is C13H10F3NO3. The molecule has 0 saturated carbocycles. The van der Waals surface area contributed by atoms with Crippen LogP contribution in [-0.4, -0.2) is 18.7 Å². The first-order chi connectivity index (χ1) is 9.47. The highest BCUT2D eigenvalue weighted by molar-refractivity contribution is 5.97. The molecule has 0 radical (unpaired) electrons. The van der Waals surface area contributed by atoms with Gasteiger partial charge in [0.15, 0.2) is 6.61 Å². The molecule has 0 bridgehead atoms. The Hall–Kier alpha value is -2.28. The highest BCUT2D eigenvalue weighted by Crippen LogP contribution is 2.24. The van der Waals surface area contributed by atoms with Crippen LogP contribution in [0.15, 0.2) is 47.1 Å². The van der Waals surface area contributed by atoms with E-state index in [0.29, 0.717) is 11.1 Å². The van der Waals surface area contributed by atoms with Crippen molar-refractivity contribution in [1.82, 2.24) is 5.48 Å². The van der Waals surface area contributed by atoms with Gasteiger partial charge in [-0.05, 0) is 11.6 Å². The van der Waals surface area contributed by atoms with E-state index in [4.69, 9.17) is 4.42 Å². The van der Waals surface area contributed by atoms with Crippen LogP contribution in [0.1, 0.15) is 10.6 Å². The maximum atomic E-state index is 11.9. The van der Waals surface area contributed by atoms with Gasteiger partial charge in [0.05, 0.1) is 6.26 Å². The van der Waals surface area contributed by atoms with Crippen LogP contribution in [0, 0.1) is 0 Å². The van der Waals surface area contributed by atoms with Gasteiger partial charge in [0.2, 0.25) is 5.76 Å². The molecule has 1 N–H and O–H groups in total. The molecule has 0 fully saturated rings. The summed E-state index contributed by atoms with van der Waals surface area (Å²) in [4.78, 5) is 15.8. The number of benzene rings is 1. The van der Waals surface area contributed by atoms with Gasteiger partial charge >= 0.3 is 12.1 Å². The zero-order chi connectivity index (χ0) is 14.6. The lowest BCUT2D eigenvalue weighted by atomic mass is 10.1. The van der Waals surface area contributed by atoms with E-state index >= 15 is 0 Å². The first kappa shape index (κ1) is 14.1. The molecule has 0 aliphatic rings. The minimum atomic E-state index is -4.52. The molecule has 4 nitrogen and oxygen atoms in total. The minimum absolute atomic E-state index is 0.113. The molecule has 2 aromatic rings. The van der Waals surface area contributed by atoms with E-state index < -0.39 is 18.7 Å². The Balaban J connectivity index is 2.07. The number of halogens is 3. The minimum Gasteiger partial charge on any atom is -0.458 e. The quantitative estimate of drug-likeness (QED) is 0.878. The highest BCUT2D eigenvalue weighted by atomic mass is 19.4. The normalized spacial score (nSPS) is 11.3. The van der Waals surface area contributed by atoms with Crippen molar-refractivity contribution in [2.75, 3.05) is 6.61 Å². The molecule has 2 rings (SSSR count). The zero-order valence-electron chi connectivity index (χ0n) is 10.1. The van der Waals surface area contributed by atoms with E-state index in [1.54, 1.807) is 41.9 Å². The van der Waals surface area contributed by atoms with E-state index in [-0.39, 0.29) is 5.76 Å². The average molecular weight is 285 g/mol. The van der Waals surface area contributed by atoms with Crippen molar-refractivity contribution in [2.24, 2.45) is 0 Å². The molecule has 1 heterocycles. The van der Waals surface area contributed by atoms with Gasteiger partial charge in [0.25, 0.3) is 0 Å². The van der Waals surface area contributed by atoms with Gasteiger partial charge < -0.3 is 4.42 Å². The molecule has 0 aliphatic carbocycles. The third kappa shape index (κ3) is 3.61. The molecule has 0 spiro atoms. The maximum absolute atomic E-state index is 11.9. The number of amides is 1. The summed E-state index contributed by atoms with van der Waals surface area (Å²) in [6.07, 6.45) is -3.24. The van der Waals surface area contributed by atoms with E-state index in [2.05, 4.69) is 4.84 Å². The summed E-state index contributed by atoms with van der Waals surface area (Å²) < 4.78 is 40.7. The van der Waals surface area contributed by atoms with Crippen LogP contribution in [0.2, 0.25) is 0 Å². The fourth-order valence-electron chi connectivity index (χ4n) is 1.56. The number of carbonyl (C=O) groups excluding carboxylic acids is 1. The summed E-state index contributed by atoms with van der Waals surface area (Å²) >= 11 is 0. The standard InChI is InChI=1S/C13H10F3NO3/c14-13(15,16)8-20-17-12(18)11-10(6-7-19-11)9-4-2-1-3-5-9/h1-7H,8H2,(H,17,18). The second-order valence-corrected chi connectivity index (χ2v) is 3.86. The number of hydrogen-bond acceptors (Lipinski definition) is 3. The molecule has 7 heteroatoms. The number of furan rings is 1. The topological polar surface area (TPSA) is 51.5 Å². The second kappa shape index (κ2) is 5.79. The van der Waals surface area contributed by atoms with Crippen molar-refractivity contribution in [3.05, 3.63) is 48.4 Å². The lowest BCUT2D eigenvalue weighted by molar-refractivity contribution is -0.184. The van der Waals surface area contributed by atoms with Gasteiger partial charge in [0.1, 0.15) is 0 Å². The maximum Gasteiger partial charge on any atom is 0.414 e. The summed E-state index contributed by atoms with van der Waals surface area (Å²) in [7, 11) is 0. The van der Waals surface area contributed by atoms with Gasteiger partial charge in [0, 0.05) is 5.56 Å². The van der Waals surface area contributed by atoms with Crippen molar-refractivity contribution < 1.29 is 27.2 Å². The number of hydrogen-bond donors (Lipinski definition) is 1. The van der Waals surface area contributed by atoms with Gasteiger partial charge in [-0.3, -0.25) is 9.63 Å². The van der Waals surface area contributed by atoms with Gasteiger partial charge in [-0.15, -0.1) is 0 Å². The average Bonchev–Trinajstić information content (AvgIpc) is 2.87. The molecule has 0 aliphatic heterocycles. The molecule has 106 valence electrons. The lowest BCUT2D eigenvalue weighted by Gasteiger charge is -2.08. The Bertz CT molecular complexity index is 578. The van der Waals surface area contributed by atoms with Crippen LogP contribution < -0.4 is 5.48 Å². The van der Waals surface area contributed by atoms with Crippen LogP contribution in [0.4, 0.5) is 13.2 Å². The number of rotatable bonds is 4. The summed E-state index contributed by atoms with van der Waals surface area (Å²) in [6, 6.07) is 10.4. The Kier molecular flexibility index (Phi) is 4.09. The molecule has 0 atom stereocenters. The Morgan fingerprint density at radius 2 is 1.90 bits per heavy atom. The fourth-order valence-corrected chi connectivity index (χ4v) is 1.56. The van der Waals surface area contributed by atoms with E-state index in [1.807, 2.05) is 0 Å². The SMILES string of the molecule is O=C(NOCC(F)(F)F)c1occc1-c1ccccc1. The first-order valence-electron chi connectivity index (χ1n) is 5.59. The summed E-state index contributed by atoms with van der Waals surface area (Å²) in [5.74, 6) is -0.989. The molecule has 1 aromatic carbocycles.